The molecule has 0 saturated carbocycles. The molecule has 2 aromatic rings. The second kappa shape index (κ2) is 10.7. The zero-order valence-electron chi connectivity index (χ0n) is 14.9. The van der Waals surface area contributed by atoms with E-state index in [1.807, 2.05) is 43.3 Å². The third-order valence-electron chi connectivity index (χ3n) is 3.35. The Labute approximate surface area is 161 Å². The maximum atomic E-state index is 11.5. The fourth-order valence-corrected chi connectivity index (χ4v) is 2.66. The molecule has 0 amide bonds. The third-order valence-corrected chi connectivity index (χ3v) is 4.09. The standard InChI is InChI=1S/C19H23BrN2O4/c1-3-24-17-10-14(12-21-22-15-8-6-5-7-9-15)16(20)11-18(17)26-13-19(23)25-4-2/h5-11,21-22H,3-4,12-13H2,1-2H3. The molecule has 0 bridgehead atoms. The average molecular weight is 423 g/mol. The smallest absolute Gasteiger partial charge is 0.344 e. The highest BCUT2D eigenvalue weighted by molar-refractivity contribution is 9.10. The predicted molar refractivity (Wildman–Crippen MR) is 104 cm³/mol. The van der Waals surface area contributed by atoms with E-state index in [4.69, 9.17) is 14.2 Å². The highest BCUT2D eigenvalue weighted by Gasteiger charge is 2.13. The van der Waals surface area contributed by atoms with E-state index in [0.717, 1.165) is 15.7 Å². The van der Waals surface area contributed by atoms with Gasteiger partial charge in [-0.25, -0.2) is 10.2 Å². The van der Waals surface area contributed by atoms with E-state index in [2.05, 4.69) is 26.8 Å². The zero-order valence-corrected chi connectivity index (χ0v) is 16.5. The Morgan fingerprint density at radius 1 is 1.04 bits per heavy atom. The van der Waals surface area contributed by atoms with Crippen LogP contribution in [0.25, 0.3) is 0 Å². The first-order chi connectivity index (χ1) is 12.6. The zero-order chi connectivity index (χ0) is 18.8. The minimum atomic E-state index is -0.413. The maximum absolute atomic E-state index is 11.5. The summed E-state index contributed by atoms with van der Waals surface area (Å²) in [5.74, 6) is 0.659. The van der Waals surface area contributed by atoms with Gasteiger partial charge in [0.2, 0.25) is 0 Å². The number of ether oxygens (including phenoxy) is 3. The minimum absolute atomic E-state index is 0.159. The van der Waals surface area contributed by atoms with Crippen LogP contribution in [0, 0.1) is 0 Å². The Bertz CT molecular complexity index is 710. The van der Waals surface area contributed by atoms with Crippen molar-refractivity contribution < 1.29 is 19.0 Å². The van der Waals surface area contributed by atoms with Crippen molar-refractivity contribution in [3.63, 3.8) is 0 Å². The van der Waals surface area contributed by atoms with Crippen molar-refractivity contribution in [3.05, 3.63) is 52.5 Å². The van der Waals surface area contributed by atoms with Gasteiger partial charge in [0.05, 0.1) is 13.2 Å². The molecule has 0 radical (unpaired) electrons. The third kappa shape index (κ3) is 6.24. The molecule has 140 valence electrons. The summed E-state index contributed by atoms with van der Waals surface area (Å²) in [6, 6.07) is 13.5. The molecule has 0 spiro atoms. The van der Waals surface area contributed by atoms with Crippen molar-refractivity contribution in [1.29, 1.82) is 0 Å². The molecule has 0 unspecified atom stereocenters. The van der Waals surface area contributed by atoms with Gasteiger partial charge in [-0.1, -0.05) is 34.1 Å². The molecule has 0 saturated heterocycles. The van der Waals surface area contributed by atoms with E-state index in [-0.39, 0.29) is 6.61 Å². The number of carbonyl (C=O) groups is 1. The lowest BCUT2D eigenvalue weighted by molar-refractivity contribution is -0.145. The summed E-state index contributed by atoms with van der Waals surface area (Å²) in [5, 5.41) is 0. The van der Waals surface area contributed by atoms with E-state index in [0.29, 0.717) is 31.3 Å². The van der Waals surface area contributed by atoms with Crippen molar-refractivity contribution in [2.45, 2.75) is 20.4 Å². The molecule has 0 aliphatic heterocycles. The normalized spacial score (nSPS) is 10.3. The lowest BCUT2D eigenvalue weighted by atomic mass is 10.2. The number of carbonyl (C=O) groups excluding carboxylic acids is 1. The SMILES string of the molecule is CCOC(=O)COc1cc(Br)c(CNNc2ccccc2)cc1OCC. The summed E-state index contributed by atoms with van der Waals surface area (Å²) < 4.78 is 16.9. The summed E-state index contributed by atoms with van der Waals surface area (Å²) in [6.45, 7) is 4.87. The largest absolute Gasteiger partial charge is 0.490 e. The molecule has 2 N–H and O–H groups in total. The summed E-state index contributed by atoms with van der Waals surface area (Å²) in [4.78, 5) is 11.5. The molecule has 2 aromatic carbocycles. The van der Waals surface area contributed by atoms with Gasteiger partial charge in [0.15, 0.2) is 18.1 Å². The Kier molecular flexibility index (Phi) is 8.24. The molecule has 7 heteroatoms. The molecule has 0 aliphatic carbocycles. The number of hydrogen-bond donors (Lipinski definition) is 2. The molecule has 0 heterocycles. The Balaban J connectivity index is 2.02. The van der Waals surface area contributed by atoms with Crippen LogP contribution in [-0.2, 0) is 16.1 Å². The van der Waals surface area contributed by atoms with Crippen LogP contribution in [0.5, 0.6) is 11.5 Å². The fraction of sp³-hybridized carbons (Fsp3) is 0.316. The molecule has 6 nitrogen and oxygen atoms in total. The summed E-state index contributed by atoms with van der Waals surface area (Å²) >= 11 is 3.54. The molecule has 0 atom stereocenters. The van der Waals surface area contributed by atoms with Gasteiger partial charge in [-0.3, -0.25) is 0 Å². The quantitative estimate of drug-likeness (QED) is 0.446. The Hall–Kier alpha value is -2.25. The van der Waals surface area contributed by atoms with Crippen LogP contribution in [-0.4, -0.2) is 25.8 Å². The molecular weight excluding hydrogens is 400 g/mol. The lowest BCUT2D eigenvalue weighted by Gasteiger charge is -2.15. The van der Waals surface area contributed by atoms with Crippen LogP contribution >= 0.6 is 15.9 Å². The molecule has 0 fully saturated rings. The first kappa shape index (κ1) is 20.1. The number of benzene rings is 2. The molecule has 2 rings (SSSR count). The van der Waals surface area contributed by atoms with Gasteiger partial charge in [-0.2, -0.15) is 0 Å². The highest BCUT2D eigenvalue weighted by atomic mass is 79.9. The summed E-state index contributed by atoms with van der Waals surface area (Å²) in [5.41, 5.74) is 8.26. The number of hydrogen-bond acceptors (Lipinski definition) is 6. The van der Waals surface area contributed by atoms with Gasteiger partial charge in [0.25, 0.3) is 0 Å². The number of para-hydroxylation sites is 1. The lowest BCUT2D eigenvalue weighted by Crippen LogP contribution is -2.21. The average Bonchev–Trinajstić information content (AvgIpc) is 2.64. The second-order valence-corrected chi connectivity index (χ2v) is 6.12. The van der Waals surface area contributed by atoms with Crippen molar-refractivity contribution >= 4 is 27.6 Å². The molecule has 0 aliphatic rings. The van der Waals surface area contributed by atoms with E-state index in [1.165, 1.54) is 0 Å². The Morgan fingerprint density at radius 2 is 1.77 bits per heavy atom. The second-order valence-electron chi connectivity index (χ2n) is 5.26. The topological polar surface area (TPSA) is 68.8 Å². The maximum Gasteiger partial charge on any atom is 0.344 e. The highest BCUT2D eigenvalue weighted by Crippen LogP contribution is 2.34. The van der Waals surface area contributed by atoms with Gasteiger partial charge in [0, 0.05) is 16.7 Å². The van der Waals surface area contributed by atoms with E-state index < -0.39 is 5.97 Å². The van der Waals surface area contributed by atoms with Gasteiger partial charge < -0.3 is 19.6 Å². The van der Waals surface area contributed by atoms with Gasteiger partial charge >= 0.3 is 5.97 Å². The van der Waals surface area contributed by atoms with Crippen LogP contribution in [0.3, 0.4) is 0 Å². The van der Waals surface area contributed by atoms with E-state index >= 15 is 0 Å². The van der Waals surface area contributed by atoms with E-state index in [1.54, 1.807) is 13.0 Å². The van der Waals surface area contributed by atoms with Crippen LogP contribution in [0.2, 0.25) is 0 Å². The van der Waals surface area contributed by atoms with Crippen LogP contribution < -0.4 is 20.3 Å². The number of nitrogens with one attached hydrogen (secondary N) is 2. The van der Waals surface area contributed by atoms with Crippen molar-refractivity contribution in [3.8, 4) is 11.5 Å². The summed E-state index contributed by atoms with van der Waals surface area (Å²) in [7, 11) is 0. The summed E-state index contributed by atoms with van der Waals surface area (Å²) in [6.07, 6.45) is 0. The van der Waals surface area contributed by atoms with Gasteiger partial charge in [-0.15, -0.1) is 0 Å². The molecule has 26 heavy (non-hydrogen) atoms. The van der Waals surface area contributed by atoms with Crippen LogP contribution in [0.4, 0.5) is 5.69 Å². The monoisotopic (exact) mass is 422 g/mol. The molecular formula is C19H23BrN2O4. The van der Waals surface area contributed by atoms with Gasteiger partial charge in [0.1, 0.15) is 0 Å². The number of halogens is 1. The number of rotatable bonds is 10. The number of esters is 1. The van der Waals surface area contributed by atoms with Crippen molar-refractivity contribution in [2.75, 3.05) is 25.2 Å². The van der Waals surface area contributed by atoms with Crippen LogP contribution in [0.15, 0.2) is 46.9 Å². The van der Waals surface area contributed by atoms with Gasteiger partial charge in [-0.05, 0) is 43.7 Å². The predicted octanol–water partition coefficient (Wildman–Crippen LogP) is 3.91. The first-order valence-electron chi connectivity index (χ1n) is 8.41. The number of anilines is 1. The van der Waals surface area contributed by atoms with Crippen molar-refractivity contribution in [2.24, 2.45) is 0 Å². The minimum Gasteiger partial charge on any atom is -0.490 e. The van der Waals surface area contributed by atoms with Crippen LogP contribution in [0.1, 0.15) is 19.4 Å². The van der Waals surface area contributed by atoms with Crippen molar-refractivity contribution in [1.82, 2.24) is 5.43 Å². The number of hydrazine groups is 1. The molecule has 0 aromatic heterocycles. The Morgan fingerprint density at radius 3 is 2.46 bits per heavy atom. The fourth-order valence-electron chi connectivity index (χ4n) is 2.20. The first-order valence-corrected chi connectivity index (χ1v) is 9.20. The van der Waals surface area contributed by atoms with E-state index in [9.17, 15) is 4.79 Å².